The molecule has 0 amide bonds. The summed E-state index contributed by atoms with van der Waals surface area (Å²) in [7, 11) is 2.16. The topological polar surface area (TPSA) is 15.3 Å². The summed E-state index contributed by atoms with van der Waals surface area (Å²) in [6.07, 6.45) is 4.47. The molecule has 3 aromatic rings. The molecule has 0 radical (unpaired) electrons. The predicted octanol–water partition coefficient (Wildman–Crippen LogP) is 5.18. The summed E-state index contributed by atoms with van der Waals surface area (Å²) in [5.41, 5.74) is 2.71. The second-order valence-electron chi connectivity index (χ2n) is 6.85. The minimum absolute atomic E-state index is 0.327. The van der Waals surface area contributed by atoms with Gasteiger partial charge in [0.2, 0.25) is 0 Å². The number of hydrogen-bond acceptors (Lipinski definition) is 2. The second-order valence-corrected chi connectivity index (χ2v) is 6.85. The summed E-state index contributed by atoms with van der Waals surface area (Å²) in [6.45, 7) is 5.05. The highest BCUT2D eigenvalue weighted by Crippen LogP contribution is 2.23. The van der Waals surface area contributed by atoms with E-state index in [2.05, 4.69) is 109 Å². The third kappa shape index (κ3) is 5.04. The lowest BCUT2D eigenvalue weighted by Gasteiger charge is -2.16. The molecule has 3 rings (SSSR count). The SMILES string of the molecule is C[C@@H](NC/C=C/CN(C)Cc1ccccc1)c1cccc2ccccc12. The van der Waals surface area contributed by atoms with Crippen LogP contribution in [-0.2, 0) is 6.54 Å². The fraction of sp³-hybridized carbons (Fsp3) is 0.250. The first kappa shape index (κ1) is 18.4. The maximum atomic E-state index is 3.61. The predicted molar refractivity (Wildman–Crippen MR) is 112 cm³/mol. The van der Waals surface area contributed by atoms with Gasteiger partial charge in [-0.2, -0.15) is 0 Å². The fourth-order valence-electron chi connectivity index (χ4n) is 3.28. The van der Waals surface area contributed by atoms with Gasteiger partial charge in [-0.15, -0.1) is 0 Å². The molecule has 3 aromatic carbocycles. The molecule has 0 unspecified atom stereocenters. The Bertz CT molecular complexity index is 834. The standard InChI is InChI=1S/C24H28N2/c1-20(23-16-10-14-22-13-6-7-15-24(22)23)25-17-8-9-18-26(2)19-21-11-4-3-5-12-21/h3-16,20,25H,17-19H2,1-2H3/b9-8+/t20-/m1/s1. The van der Waals surface area contributed by atoms with Crippen LogP contribution in [0.5, 0.6) is 0 Å². The van der Waals surface area contributed by atoms with Gasteiger partial charge in [0.05, 0.1) is 0 Å². The van der Waals surface area contributed by atoms with E-state index in [0.717, 1.165) is 19.6 Å². The Kier molecular flexibility index (Phi) is 6.59. The molecule has 2 nitrogen and oxygen atoms in total. The molecule has 0 bridgehead atoms. The van der Waals surface area contributed by atoms with Gasteiger partial charge in [0.15, 0.2) is 0 Å². The van der Waals surface area contributed by atoms with E-state index in [-0.39, 0.29) is 0 Å². The van der Waals surface area contributed by atoms with Crippen LogP contribution in [-0.4, -0.2) is 25.0 Å². The number of likely N-dealkylation sites (N-methyl/N-ethyl adjacent to an activating group) is 1. The lowest BCUT2D eigenvalue weighted by atomic mass is 10.00. The summed E-state index contributed by atoms with van der Waals surface area (Å²) in [6, 6.07) is 26.1. The molecule has 0 saturated heterocycles. The minimum atomic E-state index is 0.327. The Morgan fingerprint density at radius 1 is 0.885 bits per heavy atom. The smallest absolute Gasteiger partial charge is 0.0300 e. The van der Waals surface area contributed by atoms with Gasteiger partial charge in [0.25, 0.3) is 0 Å². The van der Waals surface area contributed by atoms with Gasteiger partial charge >= 0.3 is 0 Å². The summed E-state index contributed by atoms with van der Waals surface area (Å²) >= 11 is 0. The van der Waals surface area contributed by atoms with Crippen LogP contribution in [0.3, 0.4) is 0 Å². The molecule has 1 N–H and O–H groups in total. The van der Waals surface area contributed by atoms with E-state index in [4.69, 9.17) is 0 Å². The van der Waals surface area contributed by atoms with Crippen LogP contribution < -0.4 is 5.32 Å². The fourth-order valence-corrected chi connectivity index (χ4v) is 3.28. The highest BCUT2D eigenvalue weighted by molar-refractivity contribution is 5.86. The molecule has 0 saturated carbocycles. The van der Waals surface area contributed by atoms with Gasteiger partial charge in [0, 0.05) is 25.7 Å². The second kappa shape index (κ2) is 9.33. The van der Waals surface area contributed by atoms with Crippen molar-refractivity contribution in [3.63, 3.8) is 0 Å². The zero-order chi connectivity index (χ0) is 18.2. The van der Waals surface area contributed by atoms with E-state index < -0.39 is 0 Å². The van der Waals surface area contributed by atoms with Crippen LogP contribution in [0.15, 0.2) is 84.9 Å². The highest BCUT2D eigenvalue weighted by atomic mass is 15.1. The molecule has 0 spiro atoms. The quantitative estimate of drug-likeness (QED) is 0.567. The normalized spacial score (nSPS) is 12.9. The Hall–Kier alpha value is -2.42. The van der Waals surface area contributed by atoms with Gasteiger partial charge in [-0.25, -0.2) is 0 Å². The Balaban J connectivity index is 1.47. The van der Waals surface area contributed by atoms with Gasteiger partial charge in [-0.3, -0.25) is 4.90 Å². The zero-order valence-electron chi connectivity index (χ0n) is 15.7. The van der Waals surface area contributed by atoms with Crippen LogP contribution in [0.2, 0.25) is 0 Å². The number of fused-ring (bicyclic) bond motifs is 1. The molecule has 0 aliphatic rings. The zero-order valence-corrected chi connectivity index (χ0v) is 15.7. The van der Waals surface area contributed by atoms with Crippen molar-refractivity contribution in [1.29, 1.82) is 0 Å². The molecule has 0 aliphatic carbocycles. The molecule has 134 valence electrons. The third-order valence-corrected chi connectivity index (χ3v) is 4.71. The van der Waals surface area contributed by atoms with E-state index in [1.807, 2.05) is 0 Å². The first-order valence-electron chi connectivity index (χ1n) is 9.32. The molecular weight excluding hydrogens is 316 g/mol. The molecule has 26 heavy (non-hydrogen) atoms. The van der Waals surface area contributed by atoms with Crippen molar-refractivity contribution >= 4 is 10.8 Å². The Labute approximate surface area is 157 Å². The van der Waals surface area contributed by atoms with Crippen LogP contribution in [0.25, 0.3) is 10.8 Å². The summed E-state index contributed by atoms with van der Waals surface area (Å²) < 4.78 is 0. The van der Waals surface area contributed by atoms with Crippen LogP contribution in [0.1, 0.15) is 24.1 Å². The molecule has 2 heteroatoms. The number of nitrogens with zero attached hydrogens (tertiary/aromatic N) is 1. The van der Waals surface area contributed by atoms with Gasteiger partial charge in [-0.05, 0) is 35.9 Å². The van der Waals surface area contributed by atoms with Gasteiger partial charge in [0.1, 0.15) is 0 Å². The number of rotatable bonds is 8. The van der Waals surface area contributed by atoms with Gasteiger partial charge < -0.3 is 5.32 Å². The van der Waals surface area contributed by atoms with Crippen molar-refractivity contribution in [2.45, 2.75) is 19.5 Å². The first-order chi connectivity index (χ1) is 12.7. The third-order valence-electron chi connectivity index (χ3n) is 4.71. The molecular formula is C24H28N2. The van der Waals surface area contributed by atoms with E-state index in [0.29, 0.717) is 6.04 Å². The van der Waals surface area contributed by atoms with Crippen LogP contribution in [0, 0.1) is 0 Å². The number of benzene rings is 3. The molecule has 0 aromatic heterocycles. The summed E-state index contributed by atoms with van der Waals surface area (Å²) in [5, 5.41) is 6.25. The summed E-state index contributed by atoms with van der Waals surface area (Å²) in [4.78, 5) is 2.32. The first-order valence-corrected chi connectivity index (χ1v) is 9.32. The van der Waals surface area contributed by atoms with Crippen molar-refractivity contribution in [2.24, 2.45) is 0 Å². The van der Waals surface area contributed by atoms with Crippen molar-refractivity contribution in [3.05, 3.63) is 96.1 Å². The maximum Gasteiger partial charge on any atom is 0.0300 e. The molecule has 1 atom stereocenters. The van der Waals surface area contributed by atoms with E-state index >= 15 is 0 Å². The van der Waals surface area contributed by atoms with E-state index in [1.54, 1.807) is 0 Å². The Morgan fingerprint density at radius 3 is 2.46 bits per heavy atom. The average Bonchev–Trinajstić information content (AvgIpc) is 2.68. The number of hydrogen-bond donors (Lipinski definition) is 1. The highest BCUT2D eigenvalue weighted by Gasteiger charge is 2.07. The average molecular weight is 345 g/mol. The Morgan fingerprint density at radius 2 is 1.62 bits per heavy atom. The van der Waals surface area contributed by atoms with Crippen molar-refractivity contribution in [1.82, 2.24) is 10.2 Å². The lowest BCUT2D eigenvalue weighted by molar-refractivity contribution is 0.363. The molecule has 0 fully saturated rings. The lowest BCUT2D eigenvalue weighted by Crippen LogP contribution is -2.20. The van der Waals surface area contributed by atoms with Crippen molar-refractivity contribution < 1.29 is 0 Å². The molecule has 0 heterocycles. The van der Waals surface area contributed by atoms with Crippen molar-refractivity contribution in [2.75, 3.05) is 20.1 Å². The maximum absolute atomic E-state index is 3.61. The van der Waals surface area contributed by atoms with Gasteiger partial charge in [-0.1, -0.05) is 84.9 Å². The monoisotopic (exact) mass is 344 g/mol. The molecule has 0 aliphatic heterocycles. The minimum Gasteiger partial charge on any atom is -0.307 e. The van der Waals surface area contributed by atoms with E-state index in [9.17, 15) is 0 Å². The largest absolute Gasteiger partial charge is 0.307 e. The summed E-state index contributed by atoms with van der Waals surface area (Å²) in [5.74, 6) is 0. The van der Waals surface area contributed by atoms with E-state index in [1.165, 1.54) is 21.9 Å². The van der Waals surface area contributed by atoms with Crippen LogP contribution in [0.4, 0.5) is 0 Å². The van der Waals surface area contributed by atoms with Crippen LogP contribution >= 0.6 is 0 Å². The van der Waals surface area contributed by atoms with Crippen molar-refractivity contribution in [3.8, 4) is 0 Å². The number of nitrogens with one attached hydrogen (secondary N) is 1.